The first-order chi connectivity index (χ1) is 8.61. The first-order valence-electron chi connectivity index (χ1n) is 6.48. The third-order valence-corrected chi connectivity index (χ3v) is 3.32. The zero-order chi connectivity index (χ0) is 13.4. The van der Waals surface area contributed by atoms with Gasteiger partial charge in [0.25, 0.3) is 0 Å². The lowest BCUT2D eigenvalue weighted by atomic mass is 10.1. The van der Waals surface area contributed by atoms with Gasteiger partial charge in [0.15, 0.2) is 0 Å². The van der Waals surface area contributed by atoms with Gasteiger partial charge in [-0.25, -0.2) is 0 Å². The molecule has 1 N–H and O–H groups in total. The van der Waals surface area contributed by atoms with Gasteiger partial charge in [0.1, 0.15) is 0 Å². The molecular weight excluding hydrogens is 242 g/mol. The van der Waals surface area contributed by atoms with E-state index in [1.165, 1.54) is 11.1 Å². The van der Waals surface area contributed by atoms with Crippen molar-refractivity contribution >= 4 is 17.7 Å². The number of amides is 1. The molecule has 1 aromatic rings. The second-order valence-corrected chi connectivity index (χ2v) is 5.77. The van der Waals surface area contributed by atoms with Crippen LogP contribution in [-0.2, 0) is 17.6 Å². The maximum absolute atomic E-state index is 11.5. The summed E-state index contributed by atoms with van der Waals surface area (Å²) in [7, 11) is 0. The topological polar surface area (TPSA) is 29.1 Å². The lowest BCUT2D eigenvalue weighted by Crippen LogP contribution is -2.30. The third kappa shape index (κ3) is 6.10. The quantitative estimate of drug-likeness (QED) is 0.821. The minimum atomic E-state index is 0.136. The summed E-state index contributed by atoms with van der Waals surface area (Å²) >= 11 is 1.87. The van der Waals surface area contributed by atoms with Crippen molar-refractivity contribution in [1.29, 1.82) is 0 Å². The minimum absolute atomic E-state index is 0.136. The third-order valence-electron chi connectivity index (χ3n) is 2.71. The molecule has 1 amide bonds. The van der Waals surface area contributed by atoms with Gasteiger partial charge in [-0.05, 0) is 49.8 Å². The maximum Gasteiger partial charge on any atom is 0.220 e. The lowest BCUT2D eigenvalue weighted by molar-refractivity contribution is -0.121. The van der Waals surface area contributed by atoms with Gasteiger partial charge < -0.3 is 5.32 Å². The van der Waals surface area contributed by atoms with Crippen LogP contribution in [0.15, 0.2) is 24.3 Å². The van der Waals surface area contributed by atoms with Crippen LogP contribution in [0.2, 0.25) is 0 Å². The van der Waals surface area contributed by atoms with Crippen molar-refractivity contribution in [2.75, 3.05) is 12.0 Å². The lowest BCUT2D eigenvalue weighted by Gasteiger charge is -2.08. The number of nitrogens with one attached hydrogen (secondary N) is 1. The van der Waals surface area contributed by atoms with E-state index in [0.717, 1.165) is 18.6 Å². The summed E-state index contributed by atoms with van der Waals surface area (Å²) in [5.41, 5.74) is 2.61. The van der Waals surface area contributed by atoms with Crippen molar-refractivity contribution in [3.05, 3.63) is 35.4 Å². The highest BCUT2D eigenvalue weighted by Gasteiger charge is 2.03. The van der Waals surface area contributed by atoms with E-state index in [1.54, 1.807) is 0 Å². The average molecular weight is 265 g/mol. The molecule has 0 fully saturated rings. The summed E-state index contributed by atoms with van der Waals surface area (Å²) in [6, 6.07) is 8.85. The Balaban J connectivity index is 2.37. The Kier molecular flexibility index (Phi) is 6.88. The van der Waals surface area contributed by atoms with E-state index in [9.17, 15) is 4.79 Å². The summed E-state index contributed by atoms with van der Waals surface area (Å²) < 4.78 is 0. The highest BCUT2D eigenvalue weighted by Crippen LogP contribution is 2.09. The van der Waals surface area contributed by atoms with Crippen LogP contribution in [0.25, 0.3) is 0 Å². The molecule has 0 aliphatic heterocycles. The summed E-state index contributed by atoms with van der Waals surface area (Å²) in [5.74, 6) is 1.30. The molecule has 2 nitrogen and oxygen atoms in total. The molecular formula is C15H23NOS. The van der Waals surface area contributed by atoms with Gasteiger partial charge in [-0.1, -0.05) is 24.3 Å². The van der Waals surface area contributed by atoms with Crippen LogP contribution in [0.3, 0.4) is 0 Å². The Morgan fingerprint density at radius 1 is 1.17 bits per heavy atom. The molecule has 0 heterocycles. The van der Waals surface area contributed by atoms with Crippen LogP contribution >= 0.6 is 11.8 Å². The van der Waals surface area contributed by atoms with Crippen molar-refractivity contribution in [2.45, 2.75) is 39.2 Å². The molecule has 3 heteroatoms. The molecule has 0 saturated heterocycles. The molecule has 0 spiro atoms. The van der Waals surface area contributed by atoms with Crippen LogP contribution in [0, 0.1) is 0 Å². The van der Waals surface area contributed by atoms with E-state index in [4.69, 9.17) is 0 Å². The van der Waals surface area contributed by atoms with E-state index < -0.39 is 0 Å². The van der Waals surface area contributed by atoms with E-state index in [2.05, 4.69) is 35.8 Å². The zero-order valence-corrected chi connectivity index (χ0v) is 12.3. The molecule has 0 bridgehead atoms. The SMILES string of the molecule is CSCCc1ccc(CCC(=O)NC(C)C)cc1. The van der Waals surface area contributed by atoms with E-state index in [-0.39, 0.29) is 11.9 Å². The molecule has 1 aromatic carbocycles. The van der Waals surface area contributed by atoms with Gasteiger partial charge in [-0.15, -0.1) is 0 Å². The first-order valence-corrected chi connectivity index (χ1v) is 7.87. The molecule has 0 aromatic heterocycles. The summed E-state index contributed by atoms with van der Waals surface area (Å²) in [6.07, 6.45) is 4.64. The van der Waals surface area contributed by atoms with Crippen molar-refractivity contribution in [3.63, 3.8) is 0 Å². The molecule has 0 radical (unpaired) electrons. The Bertz CT molecular complexity index is 359. The van der Waals surface area contributed by atoms with Gasteiger partial charge in [0.05, 0.1) is 0 Å². The van der Waals surface area contributed by atoms with Crippen molar-refractivity contribution in [3.8, 4) is 0 Å². The van der Waals surface area contributed by atoms with Crippen molar-refractivity contribution < 1.29 is 4.79 Å². The highest BCUT2D eigenvalue weighted by molar-refractivity contribution is 7.98. The van der Waals surface area contributed by atoms with E-state index in [1.807, 2.05) is 25.6 Å². The number of rotatable bonds is 7. The monoisotopic (exact) mass is 265 g/mol. The molecule has 18 heavy (non-hydrogen) atoms. The van der Waals surface area contributed by atoms with Crippen molar-refractivity contribution in [2.24, 2.45) is 0 Å². The molecule has 0 aliphatic rings. The van der Waals surface area contributed by atoms with Gasteiger partial charge in [-0.2, -0.15) is 11.8 Å². The largest absolute Gasteiger partial charge is 0.354 e. The number of carbonyl (C=O) groups is 1. The summed E-state index contributed by atoms with van der Waals surface area (Å²) in [6.45, 7) is 3.97. The van der Waals surface area contributed by atoms with Crippen LogP contribution < -0.4 is 5.32 Å². The number of benzene rings is 1. The second-order valence-electron chi connectivity index (χ2n) is 4.78. The Hall–Kier alpha value is -0.960. The molecule has 0 saturated carbocycles. The number of hydrogen-bond donors (Lipinski definition) is 1. The van der Waals surface area contributed by atoms with Gasteiger partial charge >= 0.3 is 0 Å². The predicted octanol–water partition coefficient (Wildman–Crippen LogP) is 3.05. The Morgan fingerprint density at radius 3 is 2.22 bits per heavy atom. The predicted molar refractivity (Wildman–Crippen MR) is 80.1 cm³/mol. The van der Waals surface area contributed by atoms with E-state index >= 15 is 0 Å². The van der Waals surface area contributed by atoms with Gasteiger partial charge in [0, 0.05) is 12.5 Å². The van der Waals surface area contributed by atoms with Gasteiger partial charge in [0.2, 0.25) is 5.91 Å². The van der Waals surface area contributed by atoms with Crippen LogP contribution in [0.1, 0.15) is 31.4 Å². The maximum atomic E-state index is 11.5. The smallest absolute Gasteiger partial charge is 0.220 e. The normalized spacial score (nSPS) is 10.7. The second kappa shape index (κ2) is 8.20. The van der Waals surface area contributed by atoms with Crippen LogP contribution in [0.4, 0.5) is 0 Å². The summed E-state index contributed by atoms with van der Waals surface area (Å²) in [5, 5.41) is 2.91. The fourth-order valence-electron chi connectivity index (χ4n) is 1.74. The molecule has 1 rings (SSSR count). The standard InChI is InChI=1S/C15H23NOS/c1-12(2)16-15(17)9-8-13-4-6-14(7-5-13)10-11-18-3/h4-7,12H,8-11H2,1-3H3,(H,16,17). The first kappa shape index (κ1) is 15.1. The molecule has 0 aliphatic carbocycles. The number of carbonyl (C=O) groups excluding carboxylic acids is 1. The zero-order valence-electron chi connectivity index (χ0n) is 11.5. The summed E-state index contributed by atoms with van der Waals surface area (Å²) in [4.78, 5) is 11.5. The number of thioether (sulfide) groups is 1. The molecule has 0 unspecified atom stereocenters. The molecule has 100 valence electrons. The minimum Gasteiger partial charge on any atom is -0.354 e. The van der Waals surface area contributed by atoms with Crippen LogP contribution in [-0.4, -0.2) is 24.0 Å². The van der Waals surface area contributed by atoms with E-state index in [0.29, 0.717) is 6.42 Å². The number of aryl methyl sites for hydroxylation is 2. The highest BCUT2D eigenvalue weighted by atomic mass is 32.2. The number of hydrogen-bond acceptors (Lipinski definition) is 2. The molecule has 0 atom stereocenters. The Labute approximate surface area is 115 Å². The fraction of sp³-hybridized carbons (Fsp3) is 0.533. The Morgan fingerprint density at radius 2 is 1.72 bits per heavy atom. The van der Waals surface area contributed by atoms with Crippen LogP contribution in [0.5, 0.6) is 0 Å². The van der Waals surface area contributed by atoms with Crippen molar-refractivity contribution in [1.82, 2.24) is 5.32 Å². The fourth-order valence-corrected chi connectivity index (χ4v) is 2.18. The average Bonchev–Trinajstić information content (AvgIpc) is 2.34. The van der Waals surface area contributed by atoms with Gasteiger partial charge in [-0.3, -0.25) is 4.79 Å².